The van der Waals surface area contributed by atoms with Crippen molar-refractivity contribution in [2.45, 2.75) is 52.4 Å². The maximum atomic E-state index is 12.1. The molecule has 0 atom stereocenters. The number of aliphatic imine (C=N–C) groups is 1. The molecule has 0 aromatic carbocycles. The van der Waals surface area contributed by atoms with Gasteiger partial charge in [0.25, 0.3) is 5.91 Å². The summed E-state index contributed by atoms with van der Waals surface area (Å²) < 4.78 is 0. The van der Waals surface area contributed by atoms with Gasteiger partial charge in [-0.25, -0.2) is 0 Å². The van der Waals surface area contributed by atoms with Gasteiger partial charge in [0.2, 0.25) is 11.9 Å². The fourth-order valence-electron chi connectivity index (χ4n) is 2.10. The van der Waals surface area contributed by atoms with E-state index in [1.54, 1.807) is 0 Å². The van der Waals surface area contributed by atoms with Crippen molar-refractivity contribution in [1.82, 2.24) is 5.32 Å². The van der Waals surface area contributed by atoms with Crippen molar-refractivity contribution in [2.75, 3.05) is 0 Å². The van der Waals surface area contributed by atoms with Gasteiger partial charge in [-0.1, -0.05) is 39.5 Å². The van der Waals surface area contributed by atoms with Gasteiger partial charge in [0, 0.05) is 0 Å². The average molecular weight is 239 g/mol. The predicted molar refractivity (Wildman–Crippen MR) is 66.3 cm³/mol. The first kappa shape index (κ1) is 13.7. The summed E-state index contributed by atoms with van der Waals surface area (Å²) >= 11 is 0. The number of guanidine groups is 1. The van der Waals surface area contributed by atoms with E-state index in [4.69, 9.17) is 5.73 Å². The molecule has 1 heterocycles. The lowest BCUT2D eigenvalue weighted by Crippen LogP contribution is -2.54. The highest BCUT2D eigenvalue weighted by Gasteiger charge is 2.47. The van der Waals surface area contributed by atoms with Gasteiger partial charge in [0.15, 0.2) is 0 Å². The third kappa shape index (κ3) is 2.84. The van der Waals surface area contributed by atoms with Crippen LogP contribution in [0.4, 0.5) is 0 Å². The monoisotopic (exact) mass is 239 g/mol. The molecule has 5 nitrogen and oxygen atoms in total. The van der Waals surface area contributed by atoms with Gasteiger partial charge in [0.1, 0.15) is 5.41 Å². The topological polar surface area (TPSA) is 84.6 Å². The molecular weight excluding hydrogens is 218 g/mol. The van der Waals surface area contributed by atoms with Gasteiger partial charge in [-0.05, 0) is 12.8 Å². The van der Waals surface area contributed by atoms with Crippen LogP contribution in [0.1, 0.15) is 52.4 Å². The van der Waals surface area contributed by atoms with E-state index in [9.17, 15) is 9.59 Å². The molecule has 2 amide bonds. The van der Waals surface area contributed by atoms with Crippen molar-refractivity contribution in [1.29, 1.82) is 0 Å². The lowest BCUT2D eigenvalue weighted by atomic mass is 9.76. The summed E-state index contributed by atoms with van der Waals surface area (Å²) in [7, 11) is 0. The summed E-state index contributed by atoms with van der Waals surface area (Å²) in [6, 6.07) is 0. The molecule has 0 aliphatic carbocycles. The van der Waals surface area contributed by atoms with Crippen LogP contribution >= 0.6 is 0 Å². The van der Waals surface area contributed by atoms with Crippen LogP contribution in [0.3, 0.4) is 0 Å². The van der Waals surface area contributed by atoms with Gasteiger partial charge in [-0.2, -0.15) is 4.99 Å². The quantitative estimate of drug-likeness (QED) is 0.686. The van der Waals surface area contributed by atoms with E-state index < -0.39 is 5.41 Å². The van der Waals surface area contributed by atoms with Gasteiger partial charge < -0.3 is 5.73 Å². The summed E-state index contributed by atoms with van der Waals surface area (Å²) in [5.41, 5.74) is 4.41. The molecule has 0 unspecified atom stereocenters. The molecule has 1 aliphatic heterocycles. The third-order valence-corrected chi connectivity index (χ3v) is 3.22. The van der Waals surface area contributed by atoms with E-state index in [-0.39, 0.29) is 17.8 Å². The summed E-state index contributed by atoms with van der Waals surface area (Å²) in [6.07, 6.45) is 4.72. The van der Waals surface area contributed by atoms with Crippen LogP contribution in [0, 0.1) is 5.41 Å². The summed E-state index contributed by atoms with van der Waals surface area (Å²) in [4.78, 5) is 27.8. The Kier molecular flexibility index (Phi) is 4.66. The highest BCUT2D eigenvalue weighted by atomic mass is 16.2. The molecule has 5 heteroatoms. The summed E-state index contributed by atoms with van der Waals surface area (Å²) in [5.74, 6) is -0.735. The van der Waals surface area contributed by atoms with Crippen LogP contribution < -0.4 is 11.1 Å². The number of unbranched alkanes of at least 4 members (excludes halogenated alkanes) is 2. The molecule has 0 spiro atoms. The fraction of sp³-hybridized carbons (Fsp3) is 0.750. The van der Waals surface area contributed by atoms with Gasteiger partial charge in [-0.3, -0.25) is 14.9 Å². The van der Waals surface area contributed by atoms with Crippen LogP contribution in [0.15, 0.2) is 4.99 Å². The number of rotatable bonds is 6. The number of hydrogen-bond donors (Lipinski definition) is 2. The fourth-order valence-corrected chi connectivity index (χ4v) is 2.10. The van der Waals surface area contributed by atoms with E-state index in [2.05, 4.69) is 10.3 Å². The van der Waals surface area contributed by atoms with Crippen molar-refractivity contribution in [2.24, 2.45) is 16.1 Å². The van der Waals surface area contributed by atoms with Crippen LogP contribution in [-0.4, -0.2) is 17.8 Å². The smallest absolute Gasteiger partial charge is 0.264 e. The largest absolute Gasteiger partial charge is 0.369 e. The number of nitrogens with zero attached hydrogens (tertiary/aromatic N) is 1. The molecule has 0 saturated heterocycles. The van der Waals surface area contributed by atoms with Crippen LogP contribution in [0.25, 0.3) is 0 Å². The van der Waals surface area contributed by atoms with Crippen LogP contribution in [-0.2, 0) is 9.59 Å². The van der Waals surface area contributed by atoms with Gasteiger partial charge >= 0.3 is 0 Å². The Bertz CT molecular complexity index is 329. The molecule has 0 aromatic heterocycles. The molecule has 1 aliphatic rings. The molecule has 1 rings (SSSR count). The maximum absolute atomic E-state index is 12.1. The molecule has 0 fully saturated rings. The Balaban J connectivity index is 2.94. The van der Waals surface area contributed by atoms with Crippen LogP contribution in [0.2, 0.25) is 0 Å². The number of hydrogen-bond acceptors (Lipinski definition) is 3. The first-order valence-electron chi connectivity index (χ1n) is 6.27. The molecule has 0 bridgehead atoms. The Hall–Kier alpha value is -1.39. The molecule has 0 saturated carbocycles. The second-order valence-corrected chi connectivity index (χ2v) is 4.55. The number of carbonyl (C=O) groups excluding carboxylic acids is 2. The minimum absolute atomic E-state index is 0.0800. The zero-order valence-corrected chi connectivity index (χ0v) is 10.6. The first-order valence-corrected chi connectivity index (χ1v) is 6.27. The number of nitrogens with one attached hydrogen (secondary N) is 1. The Morgan fingerprint density at radius 3 is 2.12 bits per heavy atom. The molecule has 17 heavy (non-hydrogen) atoms. The molecular formula is C12H21N3O2. The number of amides is 2. The lowest BCUT2D eigenvalue weighted by molar-refractivity contribution is -0.143. The van der Waals surface area contributed by atoms with E-state index in [1.807, 2.05) is 13.8 Å². The van der Waals surface area contributed by atoms with Crippen molar-refractivity contribution in [3.8, 4) is 0 Å². The zero-order valence-electron chi connectivity index (χ0n) is 10.6. The number of carbonyl (C=O) groups is 2. The third-order valence-electron chi connectivity index (χ3n) is 3.22. The SMILES string of the molecule is CCCCC1(CCCC)C(=O)N=C(N)NC1=O. The van der Waals surface area contributed by atoms with E-state index in [0.29, 0.717) is 12.8 Å². The Morgan fingerprint density at radius 1 is 1.18 bits per heavy atom. The molecule has 0 radical (unpaired) electrons. The maximum Gasteiger partial charge on any atom is 0.264 e. The second kappa shape index (κ2) is 5.80. The Morgan fingerprint density at radius 2 is 1.71 bits per heavy atom. The number of nitrogens with two attached hydrogens (primary N) is 1. The normalized spacial score (nSPS) is 18.8. The minimum atomic E-state index is -0.977. The van der Waals surface area contributed by atoms with Crippen molar-refractivity contribution in [3.05, 3.63) is 0 Å². The van der Waals surface area contributed by atoms with Gasteiger partial charge in [-0.15, -0.1) is 0 Å². The van der Waals surface area contributed by atoms with Crippen molar-refractivity contribution >= 4 is 17.8 Å². The standard InChI is InChI=1S/C12H21N3O2/c1-3-5-7-12(8-6-4-2)9(16)14-11(13)15-10(12)17/h3-8H2,1-2H3,(H3,13,14,15,16,17). The molecule has 0 aromatic rings. The van der Waals surface area contributed by atoms with Gasteiger partial charge in [0.05, 0.1) is 0 Å². The van der Waals surface area contributed by atoms with Crippen molar-refractivity contribution in [3.63, 3.8) is 0 Å². The highest BCUT2D eigenvalue weighted by molar-refractivity contribution is 6.17. The summed E-state index contributed by atoms with van der Waals surface area (Å²) in [6.45, 7) is 4.08. The lowest BCUT2D eigenvalue weighted by Gasteiger charge is -2.31. The Labute approximate surface area is 102 Å². The predicted octanol–water partition coefficient (Wildman–Crippen LogP) is 1.32. The molecule has 3 N–H and O–H groups in total. The first-order chi connectivity index (χ1) is 8.06. The van der Waals surface area contributed by atoms with E-state index >= 15 is 0 Å². The minimum Gasteiger partial charge on any atom is -0.369 e. The van der Waals surface area contributed by atoms with Crippen LogP contribution in [0.5, 0.6) is 0 Å². The van der Waals surface area contributed by atoms with Crippen molar-refractivity contribution < 1.29 is 9.59 Å². The second-order valence-electron chi connectivity index (χ2n) is 4.55. The highest BCUT2D eigenvalue weighted by Crippen LogP contribution is 2.34. The zero-order chi connectivity index (χ0) is 12.9. The van der Waals surface area contributed by atoms with E-state index in [0.717, 1.165) is 25.7 Å². The molecule has 96 valence electrons. The summed E-state index contributed by atoms with van der Waals surface area (Å²) in [5, 5.41) is 2.49. The van der Waals surface area contributed by atoms with E-state index in [1.165, 1.54) is 0 Å². The average Bonchev–Trinajstić information content (AvgIpc) is 2.27.